The average molecular weight is 270 g/mol. The normalized spacial score (nSPS) is 10.7. The summed E-state index contributed by atoms with van der Waals surface area (Å²) in [5, 5.41) is 18.8. The van der Waals surface area contributed by atoms with Crippen LogP contribution in [0.15, 0.2) is 20.5 Å². The average Bonchev–Trinajstić information content (AvgIpc) is 2.93. The molecule has 0 aliphatic rings. The van der Waals surface area contributed by atoms with Crippen molar-refractivity contribution in [2.24, 2.45) is 0 Å². The van der Waals surface area contributed by atoms with Gasteiger partial charge in [-0.15, -0.1) is 5.10 Å². The minimum atomic E-state index is -1.14. The predicted molar refractivity (Wildman–Crippen MR) is 61.5 cm³/mol. The zero-order chi connectivity index (χ0) is 13.1. The van der Waals surface area contributed by atoms with Crippen molar-refractivity contribution in [3.8, 4) is 0 Å². The maximum absolute atomic E-state index is 11.3. The molecule has 2 aromatic heterocycles. The van der Waals surface area contributed by atoms with E-state index in [2.05, 4.69) is 15.4 Å². The van der Waals surface area contributed by atoms with Gasteiger partial charge in [-0.05, 0) is 6.92 Å². The van der Waals surface area contributed by atoms with E-state index in [1.165, 1.54) is 22.4 Å². The van der Waals surface area contributed by atoms with E-state index in [4.69, 9.17) is 9.63 Å². The number of carboxylic acids is 1. The van der Waals surface area contributed by atoms with Crippen LogP contribution < -0.4 is 5.69 Å². The highest BCUT2D eigenvalue weighted by molar-refractivity contribution is 7.98. The first-order valence-corrected chi connectivity index (χ1v) is 6.07. The topological polar surface area (TPSA) is 114 Å². The number of hydrogen-bond acceptors (Lipinski definition) is 6. The Balaban J connectivity index is 2.06. The quantitative estimate of drug-likeness (QED) is 0.763. The van der Waals surface area contributed by atoms with Crippen LogP contribution >= 0.6 is 11.8 Å². The van der Waals surface area contributed by atoms with E-state index in [1.807, 2.05) is 6.92 Å². The Morgan fingerprint density at radius 3 is 3.06 bits per heavy atom. The van der Waals surface area contributed by atoms with Crippen LogP contribution in [-0.4, -0.2) is 31.0 Å². The zero-order valence-corrected chi connectivity index (χ0v) is 10.2. The third-order valence-corrected chi connectivity index (χ3v) is 3.16. The lowest BCUT2D eigenvalue weighted by Crippen LogP contribution is -2.16. The molecule has 0 bridgehead atoms. The molecule has 0 aliphatic carbocycles. The highest BCUT2D eigenvalue weighted by Crippen LogP contribution is 2.19. The Hall–Kier alpha value is -2.03. The number of rotatable bonds is 5. The molecule has 18 heavy (non-hydrogen) atoms. The van der Waals surface area contributed by atoms with Gasteiger partial charge in [0.25, 0.3) is 0 Å². The number of nitrogens with one attached hydrogen (secondary N) is 1. The molecule has 9 heteroatoms. The largest absolute Gasteiger partial charge is 0.476 e. The summed E-state index contributed by atoms with van der Waals surface area (Å²) < 4.78 is 6.32. The molecule has 0 amide bonds. The van der Waals surface area contributed by atoms with E-state index >= 15 is 0 Å². The van der Waals surface area contributed by atoms with Gasteiger partial charge >= 0.3 is 11.7 Å². The van der Waals surface area contributed by atoms with Crippen LogP contribution in [0.25, 0.3) is 0 Å². The summed E-state index contributed by atoms with van der Waals surface area (Å²) in [4.78, 5) is 21.9. The molecule has 2 N–H and O–H groups in total. The molecule has 0 saturated carbocycles. The molecule has 96 valence electrons. The van der Waals surface area contributed by atoms with Crippen molar-refractivity contribution in [2.75, 3.05) is 0 Å². The number of aromatic nitrogens is 4. The van der Waals surface area contributed by atoms with Crippen molar-refractivity contribution in [3.05, 3.63) is 28.0 Å². The Kier molecular flexibility index (Phi) is 3.51. The maximum atomic E-state index is 11.3. The summed E-state index contributed by atoms with van der Waals surface area (Å²) >= 11 is 1.26. The Morgan fingerprint density at radius 2 is 2.44 bits per heavy atom. The lowest BCUT2D eigenvalue weighted by molar-refractivity contribution is 0.0685. The molecule has 0 spiro atoms. The van der Waals surface area contributed by atoms with Crippen molar-refractivity contribution in [2.45, 2.75) is 24.4 Å². The van der Waals surface area contributed by atoms with Crippen molar-refractivity contribution in [3.63, 3.8) is 0 Å². The fraction of sp³-hybridized carbons (Fsp3) is 0.333. The van der Waals surface area contributed by atoms with Gasteiger partial charge in [-0.2, -0.15) is 0 Å². The summed E-state index contributed by atoms with van der Waals surface area (Å²) in [7, 11) is 0. The van der Waals surface area contributed by atoms with Gasteiger partial charge < -0.3 is 9.63 Å². The van der Waals surface area contributed by atoms with Crippen molar-refractivity contribution in [1.82, 2.24) is 19.9 Å². The summed E-state index contributed by atoms with van der Waals surface area (Å²) in [5.74, 6) is -0.374. The molecular weight excluding hydrogens is 260 g/mol. The first-order chi connectivity index (χ1) is 8.61. The number of carbonyl (C=O) groups is 1. The molecule has 2 heterocycles. The van der Waals surface area contributed by atoms with Crippen LogP contribution in [0.1, 0.15) is 23.2 Å². The van der Waals surface area contributed by atoms with Gasteiger partial charge in [-0.1, -0.05) is 16.9 Å². The molecule has 0 fully saturated rings. The Morgan fingerprint density at radius 1 is 1.67 bits per heavy atom. The minimum Gasteiger partial charge on any atom is -0.476 e. The first-order valence-electron chi connectivity index (χ1n) is 5.08. The first kappa shape index (κ1) is 12.4. The zero-order valence-electron chi connectivity index (χ0n) is 9.41. The number of hydrogen-bond donors (Lipinski definition) is 2. The van der Waals surface area contributed by atoms with Crippen LogP contribution in [0, 0.1) is 0 Å². The number of thioether (sulfide) groups is 1. The lowest BCUT2D eigenvalue weighted by Gasteiger charge is -1.99. The number of carboxylic acid groups (broad SMARTS) is 1. The summed E-state index contributed by atoms with van der Waals surface area (Å²) in [6, 6.07) is 1.34. The van der Waals surface area contributed by atoms with Crippen LogP contribution in [0.3, 0.4) is 0 Å². The molecule has 0 atom stereocenters. The molecule has 0 unspecified atom stereocenters. The van der Waals surface area contributed by atoms with E-state index in [1.54, 1.807) is 0 Å². The fourth-order valence-corrected chi connectivity index (χ4v) is 2.20. The van der Waals surface area contributed by atoms with Gasteiger partial charge in [-0.3, -0.25) is 4.57 Å². The highest BCUT2D eigenvalue weighted by Gasteiger charge is 2.13. The van der Waals surface area contributed by atoms with Crippen molar-refractivity contribution >= 4 is 17.7 Å². The number of H-pyrrole nitrogens is 1. The van der Waals surface area contributed by atoms with Crippen molar-refractivity contribution < 1.29 is 14.4 Å². The number of nitrogens with zero attached hydrogens (tertiary/aromatic N) is 3. The number of aromatic carboxylic acids is 1. The second-order valence-electron chi connectivity index (χ2n) is 3.33. The molecule has 2 aromatic rings. The van der Waals surface area contributed by atoms with Gasteiger partial charge in [-0.25, -0.2) is 14.7 Å². The van der Waals surface area contributed by atoms with Gasteiger partial charge in [0.15, 0.2) is 10.9 Å². The van der Waals surface area contributed by atoms with E-state index in [0.717, 1.165) is 0 Å². The second kappa shape index (κ2) is 5.08. The lowest BCUT2D eigenvalue weighted by atomic mass is 10.4. The summed E-state index contributed by atoms with van der Waals surface area (Å²) in [6.45, 7) is 2.34. The Labute approximate surface area is 105 Å². The van der Waals surface area contributed by atoms with Gasteiger partial charge in [0.2, 0.25) is 0 Å². The molecular formula is C9H10N4O4S. The van der Waals surface area contributed by atoms with E-state index < -0.39 is 5.97 Å². The van der Waals surface area contributed by atoms with E-state index in [0.29, 0.717) is 23.2 Å². The van der Waals surface area contributed by atoms with Crippen LogP contribution in [0.2, 0.25) is 0 Å². The third-order valence-electron chi connectivity index (χ3n) is 2.16. The van der Waals surface area contributed by atoms with Crippen LogP contribution in [0.4, 0.5) is 0 Å². The maximum Gasteiger partial charge on any atom is 0.358 e. The standard InChI is InChI=1S/C9H10N4O4S/c1-2-13-8(16)10-11-9(13)18-4-5-3-6(7(14)15)12-17-5/h3H,2,4H2,1H3,(H,10,16)(H,14,15). The van der Waals surface area contributed by atoms with Gasteiger partial charge in [0, 0.05) is 12.6 Å². The minimum absolute atomic E-state index is 0.138. The number of aromatic amines is 1. The molecule has 0 radical (unpaired) electrons. The monoisotopic (exact) mass is 270 g/mol. The smallest absolute Gasteiger partial charge is 0.358 e. The van der Waals surface area contributed by atoms with Gasteiger partial charge in [0.05, 0.1) is 5.75 Å². The molecule has 0 saturated heterocycles. The third kappa shape index (κ3) is 2.45. The predicted octanol–water partition coefficient (Wildman–Crippen LogP) is 0.570. The van der Waals surface area contributed by atoms with E-state index in [-0.39, 0.29) is 11.4 Å². The summed E-state index contributed by atoms with van der Waals surface area (Å²) in [5.41, 5.74) is -0.413. The van der Waals surface area contributed by atoms with Gasteiger partial charge in [0.1, 0.15) is 5.76 Å². The fourth-order valence-electron chi connectivity index (χ4n) is 1.31. The summed E-state index contributed by atoms with van der Waals surface area (Å²) in [6.07, 6.45) is 0. The van der Waals surface area contributed by atoms with E-state index in [9.17, 15) is 9.59 Å². The second-order valence-corrected chi connectivity index (χ2v) is 4.27. The highest BCUT2D eigenvalue weighted by atomic mass is 32.2. The van der Waals surface area contributed by atoms with Crippen molar-refractivity contribution in [1.29, 1.82) is 0 Å². The SMILES string of the molecule is CCn1c(SCc2cc(C(=O)O)no2)n[nH]c1=O. The molecule has 0 aliphatic heterocycles. The molecule has 8 nitrogen and oxygen atoms in total. The molecule has 2 rings (SSSR count). The van der Waals surface area contributed by atoms with Crippen LogP contribution in [0.5, 0.6) is 0 Å². The van der Waals surface area contributed by atoms with Crippen LogP contribution in [-0.2, 0) is 12.3 Å². The molecule has 0 aromatic carbocycles. The Bertz CT molecular complexity index is 614.